The van der Waals surface area contributed by atoms with Crippen LogP contribution in [0.3, 0.4) is 0 Å². The molecule has 0 amide bonds. The molecule has 1 atom stereocenters. The van der Waals surface area contributed by atoms with Crippen LogP contribution in [0.15, 0.2) is 54.9 Å². The quantitative estimate of drug-likeness (QED) is 0.754. The Hall–Kier alpha value is -2.00. The number of nitrogens with zero attached hydrogens (tertiary/aromatic N) is 1. The van der Waals surface area contributed by atoms with E-state index in [0.29, 0.717) is 5.56 Å². The fourth-order valence-corrected chi connectivity index (χ4v) is 1.69. The van der Waals surface area contributed by atoms with Gasteiger partial charge in [0.2, 0.25) is 0 Å². The van der Waals surface area contributed by atoms with Gasteiger partial charge in [0, 0.05) is 25.1 Å². The molecule has 1 aromatic heterocycles. The van der Waals surface area contributed by atoms with Crippen LogP contribution in [0.5, 0.6) is 0 Å². The SMILES string of the molecule is COC(C(=O)c1ccccc1)c1ccncc1. The Morgan fingerprint density at radius 1 is 1.12 bits per heavy atom. The van der Waals surface area contributed by atoms with Crippen LogP contribution in [-0.4, -0.2) is 17.9 Å². The van der Waals surface area contributed by atoms with E-state index >= 15 is 0 Å². The summed E-state index contributed by atoms with van der Waals surface area (Å²) in [5.41, 5.74) is 1.47. The number of hydrogen-bond donors (Lipinski definition) is 0. The molecule has 0 N–H and O–H groups in total. The Morgan fingerprint density at radius 3 is 2.35 bits per heavy atom. The van der Waals surface area contributed by atoms with Gasteiger partial charge in [0.25, 0.3) is 0 Å². The number of methoxy groups -OCH3 is 1. The topological polar surface area (TPSA) is 39.2 Å². The Labute approximate surface area is 100 Å². The molecular weight excluding hydrogens is 214 g/mol. The fourth-order valence-electron chi connectivity index (χ4n) is 1.69. The van der Waals surface area contributed by atoms with E-state index in [1.54, 1.807) is 36.7 Å². The first-order valence-electron chi connectivity index (χ1n) is 5.35. The number of carbonyl (C=O) groups is 1. The molecular formula is C14H13NO2. The van der Waals surface area contributed by atoms with Crippen molar-refractivity contribution < 1.29 is 9.53 Å². The summed E-state index contributed by atoms with van der Waals surface area (Å²) in [6, 6.07) is 12.7. The van der Waals surface area contributed by atoms with Crippen LogP contribution in [-0.2, 0) is 4.74 Å². The van der Waals surface area contributed by atoms with Crippen molar-refractivity contribution in [3.05, 3.63) is 66.0 Å². The van der Waals surface area contributed by atoms with Gasteiger partial charge in [-0.3, -0.25) is 9.78 Å². The van der Waals surface area contributed by atoms with Crippen molar-refractivity contribution in [2.45, 2.75) is 6.10 Å². The smallest absolute Gasteiger partial charge is 0.196 e. The molecule has 0 radical (unpaired) electrons. The zero-order chi connectivity index (χ0) is 12.1. The normalized spacial score (nSPS) is 12.1. The number of hydrogen-bond acceptors (Lipinski definition) is 3. The molecule has 0 saturated carbocycles. The number of benzene rings is 1. The first kappa shape index (κ1) is 11.5. The number of carbonyl (C=O) groups excluding carboxylic acids is 1. The minimum Gasteiger partial charge on any atom is -0.369 e. The Morgan fingerprint density at radius 2 is 1.76 bits per heavy atom. The predicted molar refractivity (Wildman–Crippen MR) is 64.8 cm³/mol. The molecule has 17 heavy (non-hydrogen) atoms. The highest BCUT2D eigenvalue weighted by Gasteiger charge is 2.20. The summed E-state index contributed by atoms with van der Waals surface area (Å²) in [4.78, 5) is 16.2. The Balaban J connectivity index is 2.29. The van der Waals surface area contributed by atoms with Crippen LogP contribution >= 0.6 is 0 Å². The van der Waals surface area contributed by atoms with E-state index in [-0.39, 0.29) is 5.78 Å². The third-order valence-electron chi connectivity index (χ3n) is 2.54. The molecule has 2 rings (SSSR count). The minimum atomic E-state index is -0.569. The van der Waals surface area contributed by atoms with Crippen molar-refractivity contribution in [2.75, 3.05) is 7.11 Å². The van der Waals surface area contributed by atoms with E-state index in [4.69, 9.17) is 4.74 Å². The summed E-state index contributed by atoms with van der Waals surface area (Å²) < 4.78 is 5.28. The molecule has 3 nitrogen and oxygen atoms in total. The summed E-state index contributed by atoms with van der Waals surface area (Å²) in [7, 11) is 1.53. The average Bonchev–Trinajstić information content (AvgIpc) is 2.42. The molecule has 0 aliphatic rings. The van der Waals surface area contributed by atoms with E-state index in [1.165, 1.54) is 7.11 Å². The van der Waals surface area contributed by atoms with Gasteiger partial charge in [0.15, 0.2) is 5.78 Å². The highest BCUT2D eigenvalue weighted by atomic mass is 16.5. The van der Waals surface area contributed by atoms with Gasteiger partial charge in [-0.15, -0.1) is 0 Å². The zero-order valence-electron chi connectivity index (χ0n) is 9.54. The van der Waals surface area contributed by atoms with Crippen molar-refractivity contribution in [1.29, 1.82) is 0 Å². The first-order valence-corrected chi connectivity index (χ1v) is 5.35. The second kappa shape index (κ2) is 5.37. The van der Waals surface area contributed by atoms with Gasteiger partial charge >= 0.3 is 0 Å². The number of Topliss-reactive ketones (excluding diaryl/α,β-unsaturated/α-hetero) is 1. The van der Waals surface area contributed by atoms with Gasteiger partial charge in [-0.1, -0.05) is 30.3 Å². The van der Waals surface area contributed by atoms with Crippen molar-refractivity contribution in [3.63, 3.8) is 0 Å². The number of pyridine rings is 1. The summed E-state index contributed by atoms with van der Waals surface area (Å²) >= 11 is 0. The molecule has 0 bridgehead atoms. The molecule has 2 aromatic rings. The van der Waals surface area contributed by atoms with Crippen LogP contribution in [0, 0.1) is 0 Å². The van der Waals surface area contributed by atoms with E-state index < -0.39 is 6.10 Å². The third-order valence-corrected chi connectivity index (χ3v) is 2.54. The van der Waals surface area contributed by atoms with Gasteiger partial charge in [0.1, 0.15) is 6.10 Å². The maximum absolute atomic E-state index is 12.2. The third kappa shape index (κ3) is 2.57. The second-order valence-corrected chi connectivity index (χ2v) is 3.63. The summed E-state index contributed by atoms with van der Waals surface area (Å²) in [6.07, 6.45) is 2.74. The molecule has 1 aromatic carbocycles. The van der Waals surface area contributed by atoms with Crippen LogP contribution in [0.1, 0.15) is 22.0 Å². The van der Waals surface area contributed by atoms with Crippen molar-refractivity contribution >= 4 is 5.78 Å². The molecule has 3 heteroatoms. The number of ether oxygens (including phenoxy) is 1. The monoisotopic (exact) mass is 227 g/mol. The average molecular weight is 227 g/mol. The first-order chi connectivity index (χ1) is 8.33. The maximum Gasteiger partial charge on any atom is 0.196 e. The lowest BCUT2D eigenvalue weighted by molar-refractivity contribution is 0.0604. The lowest BCUT2D eigenvalue weighted by Gasteiger charge is -2.14. The maximum atomic E-state index is 12.2. The number of ketones is 1. The zero-order valence-corrected chi connectivity index (χ0v) is 9.54. The molecule has 1 unspecified atom stereocenters. The van der Waals surface area contributed by atoms with E-state index in [0.717, 1.165) is 5.56 Å². The van der Waals surface area contributed by atoms with Crippen LogP contribution in [0.2, 0.25) is 0 Å². The Bertz CT molecular complexity index is 482. The van der Waals surface area contributed by atoms with Crippen LogP contribution in [0.4, 0.5) is 0 Å². The van der Waals surface area contributed by atoms with Crippen LogP contribution < -0.4 is 0 Å². The highest BCUT2D eigenvalue weighted by molar-refractivity contribution is 5.99. The van der Waals surface area contributed by atoms with E-state index in [2.05, 4.69) is 4.98 Å². The fraction of sp³-hybridized carbons (Fsp3) is 0.143. The van der Waals surface area contributed by atoms with Gasteiger partial charge in [0.05, 0.1) is 0 Å². The second-order valence-electron chi connectivity index (χ2n) is 3.63. The highest BCUT2D eigenvalue weighted by Crippen LogP contribution is 2.20. The van der Waals surface area contributed by atoms with E-state index in [9.17, 15) is 4.79 Å². The summed E-state index contributed by atoms with van der Waals surface area (Å²) in [5, 5.41) is 0. The standard InChI is InChI=1S/C14H13NO2/c1-17-14(12-7-9-15-10-8-12)13(16)11-5-3-2-4-6-11/h2-10,14H,1H3. The van der Waals surface area contributed by atoms with Crippen molar-refractivity contribution in [1.82, 2.24) is 4.98 Å². The number of rotatable bonds is 4. The lowest BCUT2D eigenvalue weighted by atomic mass is 10.0. The van der Waals surface area contributed by atoms with Gasteiger partial charge in [-0.2, -0.15) is 0 Å². The summed E-state index contributed by atoms with van der Waals surface area (Å²) in [5.74, 6) is -0.0423. The van der Waals surface area contributed by atoms with E-state index in [1.807, 2.05) is 18.2 Å². The molecule has 0 fully saturated rings. The van der Waals surface area contributed by atoms with Crippen molar-refractivity contribution in [2.24, 2.45) is 0 Å². The molecule has 0 spiro atoms. The summed E-state index contributed by atoms with van der Waals surface area (Å²) in [6.45, 7) is 0. The van der Waals surface area contributed by atoms with Gasteiger partial charge < -0.3 is 4.74 Å². The van der Waals surface area contributed by atoms with Gasteiger partial charge in [-0.05, 0) is 17.7 Å². The molecule has 0 aliphatic heterocycles. The Kier molecular flexibility index (Phi) is 3.62. The van der Waals surface area contributed by atoms with Crippen molar-refractivity contribution in [3.8, 4) is 0 Å². The molecule has 86 valence electrons. The number of aromatic nitrogens is 1. The predicted octanol–water partition coefficient (Wildman–Crippen LogP) is 2.65. The minimum absolute atomic E-state index is 0.0423. The molecule has 0 aliphatic carbocycles. The van der Waals surface area contributed by atoms with Gasteiger partial charge in [-0.25, -0.2) is 0 Å². The molecule has 1 heterocycles. The lowest BCUT2D eigenvalue weighted by Crippen LogP contribution is -2.14. The largest absolute Gasteiger partial charge is 0.369 e. The molecule has 0 saturated heterocycles. The van der Waals surface area contributed by atoms with Crippen LogP contribution in [0.25, 0.3) is 0 Å².